The molecule has 4 atom stereocenters. The van der Waals surface area contributed by atoms with Crippen LogP contribution < -0.4 is 57.8 Å². The Kier molecular flexibility index (Phi) is 18.4. The molecule has 0 spiro atoms. The lowest BCUT2D eigenvalue weighted by Gasteiger charge is -2.33. The molecule has 5 amide bonds. The van der Waals surface area contributed by atoms with E-state index in [2.05, 4.69) is 57.0 Å². The molecule has 25 heteroatoms. The Labute approximate surface area is 422 Å². The average molecular weight is 1030 g/mol. The van der Waals surface area contributed by atoms with Crippen LogP contribution in [0, 0.1) is 25.2 Å². The van der Waals surface area contributed by atoms with Crippen LogP contribution in [0.1, 0.15) is 72.2 Å². The number of phenols is 1. The summed E-state index contributed by atoms with van der Waals surface area (Å²) in [4.78, 5) is 85.3. The topological polar surface area (TPSA) is 388 Å². The van der Waals surface area contributed by atoms with Crippen LogP contribution in [0.4, 0.5) is 0 Å². The van der Waals surface area contributed by atoms with Crippen molar-refractivity contribution in [2.45, 2.75) is 77.5 Å². The zero-order chi connectivity index (χ0) is 53.9. The van der Waals surface area contributed by atoms with Crippen molar-refractivity contribution in [3.05, 3.63) is 88.2 Å². The molecule has 4 bridgehead atoms. The van der Waals surface area contributed by atoms with Crippen LogP contribution in [0.3, 0.4) is 0 Å². The summed E-state index contributed by atoms with van der Waals surface area (Å²) in [6, 6.07) is 10.6. The van der Waals surface area contributed by atoms with Gasteiger partial charge in [0, 0.05) is 43.2 Å². The van der Waals surface area contributed by atoms with Crippen molar-refractivity contribution in [3.8, 4) is 45.8 Å². The van der Waals surface area contributed by atoms with E-state index in [4.69, 9.17) is 31.8 Å². The van der Waals surface area contributed by atoms with Crippen molar-refractivity contribution in [2.75, 3.05) is 46.4 Å². The fraction of sp³-hybridized carbons (Fsp3) is 0.396. The number of hydrogen-bond donors (Lipinski definition) is 10. The van der Waals surface area contributed by atoms with Crippen LogP contribution in [0.25, 0.3) is 22.5 Å². The van der Waals surface area contributed by atoms with Crippen LogP contribution in [0.5, 0.6) is 17.2 Å². The Hall–Kier alpha value is -7.92. The molecule has 0 saturated carbocycles. The molecule has 0 saturated heterocycles. The number of hydrogen-bond acceptors (Lipinski definition) is 15. The summed E-state index contributed by atoms with van der Waals surface area (Å²) in [7, 11) is -3.31. The normalized spacial score (nSPS) is 16.3. The molecule has 4 aromatic rings. The lowest BCUT2D eigenvalue weighted by molar-refractivity contribution is -0.141. The Morgan fingerprint density at radius 3 is 2.23 bits per heavy atom. The zero-order valence-corrected chi connectivity index (χ0v) is 42.3. The second-order valence-corrected chi connectivity index (χ2v) is 19.5. The predicted molar refractivity (Wildman–Crippen MR) is 270 cm³/mol. The Balaban J connectivity index is 1.67. The number of rotatable bonds is 17. The van der Waals surface area contributed by atoms with Gasteiger partial charge < -0.3 is 57.9 Å². The number of likely N-dealkylation sites (N-methyl/N-ethyl adjacent to an activating group) is 1. The first-order valence-corrected chi connectivity index (χ1v) is 24.5. The zero-order valence-electron chi connectivity index (χ0n) is 41.5. The first-order valence-electron chi connectivity index (χ1n) is 22.9. The van der Waals surface area contributed by atoms with E-state index < -0.39 is 76.2 Å². The van der Waals surface area contributed by atoms with Gasteiger partial charge in [0.2, 0.25) is 23.6 Å². The highest BCUT2D eigenvalue weighted by atomic mass is 32.2. The van der Waals surface area contributed by atoms with Crippen LogP contribution in [-0.2, 0) is 41.2 Å². The number of carbonyl (C=O) groups excluding carboxylic acids is 5. The van der Waals surface area contributed by atoms with Crippen molar-refractivity contribution in [1.29, 1.82) is 5.26 Å². The summed E-state index contributed by atoms with van der Waals surface area (Å²) in [6.07, 6.45) is -0.142. The van der Waals surface area contributed by atoms with Crippen LogP contribution in [0.15, 0.2) is 59.6 Å². The van der Waals surface area contributed by atoms with Gasteiger partial charge in [0.25, 0.3) is 16.1 Å². The number of amides is 5. The molecule has 24 nitrogen and oxygen atoms in total. The number of carbonyl (C=O) groups is 5. The number of nitrogens with zero attached hydrogens (tertiary/aromatic N) is 5. The Morgan fingerprint density at radius 2 is 1.63 bits per heavy atom. The molecule has 390 valence electrons. The molecule has 4 unspecified atom stereocenters. The highest BCUT2D eigenvalue weighted by Gasteiger charge is 2.38. The van der Waals surface area contributed by atoms with E-state index in [1.54, 1.807) is 32.0 Å². The number of nitriles is 1. The summed E-state index contributed by atoms with van der Waals surface area (Å²) < 4.78 is 38.7. The number of benzene rings is 3. The van der Waals surface area contributed by atoms with E-state index in [0.717, 1.165) is 10.5 Å². The van der Waals surface area contributed by atoms with Crippen molar-refractivity contribution in [1.82, 2.24) is 40.9 Å². The van der Waals surface area contributed by atoms with Gasteiger partial charge >= 0.3 is 0 Å². The van der Waals surface area contributed by atoms with E-state index in [0.29, 0.717) is 17.0 Å². The molecule has 73 heavy (non-hydrogen) atoms. The van der Waals surface area contributed by atoms with Gasteiger partial charge in [-0.25, -0.2) is 15.1 Å². The maximum atomic E-state index is 15.0. The highest BCUT2D eigenvalue weighted by molar-refractivity contribution is 7.87. The number of aromatic hydroxyl groups is 1. The summed E-state index contributed by atoms with van der Waals surface area (Å²) in [5.74, 6) is -4.96. The second-order valence-electron chi connectivity index (χ2n) is 18.1. The fourth-order valence-corrected chi connectivity index (χ4v) is 8.24. The lowest BCUT2D eigenvalue weighted by Crippen LogP contribution is -2.57. The van der Waals surface area contributed by atoms with Gasteiger partial charge in [0.1, 0.15) is 49.7 Å². The summed E-state index contributed by atoms with van der Waals surface area (Å²) in [6.45, 7) is 9.29. The Bertz CT molecular complexity index is 2890. The van der Waals surface area contributed by atoms with Crippen molar-refractivity contribution < 1.29 is 47.0 Å². The van der Waals surface area contributed by atoms with E-state index >= 15 is 0 Å². The summed E-state index contributed by atoms with van der Waals surface area (Å²) in [5, 5.41) is 36.7. The largest absolute Gasteiger partial charge is 0.504 e. The molecule has 1 aliphatic rings. The summed E-state index contributed by atoms with van der Waals surface area (Å²) in [5.41, 5.74) is 19.5. The van der Waals surface area contributed by atoms with Gasteiger partial charge in [0.15, 0.2) is 23.3 Å². The number of aliphatic imine (C=N–C) groups is 1. The number of fused-ring (bicyclic) bond motifs is 5. The maximum Gasteiger partial charge on any atom is 0.274 e. The van der Waals surface area contributed by atoms with Crippen LogP contribution in [0.2, 0.25) is 0 Å². The number of nitrogens with one attached hydrogen (secondary N) is 5. The number of ether oxygens (including phenoxy) is 2. The standard InChI is InChI=1S/C48H62N14O10S/c1-25-38(26(2)58-41(57-25)29-9-11-31(12-10-29)48(4,5)6)44(66)61-35(24-56-73(53,69)70)46(68)62(7)39-30-22-33(40(63)37(23-30)72-19-17-55-47(51)52)32-20-28(8-13-36(32)71-18-15-50)21-34(43(65)54-16-14-49)60-42(64)27(3)59-45(39)67/h8-13,20,22-23,27,34-35,39,56,63H,15-19,21,24,50H2,1-7H3,(H,54,65)(H,59,67)(H,60,64)(H,61,66)(H4,51,52,55)(H2,53,69,70). The average Bonchev–Trinajstić information content (AvgIpc) is 3.32. The fourth-order valence-electron chi connectivity index (χ4n) is 7.84. The first-order chi connectivity index (χ1) is 34.3. The number of aryl methyl sites for hydroxylation is 2. The van der Waals surface area contributed by atoms with Crippen molar-refractivity contribution in [3.63, 3.8) is 0 Å². The molecule has 0 fully saturated rings. The monoisotopic (exact) mass is 1030 g/mol. The third kappa shape index (κ3) is 14.6. The van der Waals surface area contributed by atoms with E-state index in [1.807, 2.05) is 35.1 Å². The molecule has 0 aliphatic carbocycles. The van der Waals surface area contributed by atoms with E-state index in [1.165, 1.54) is 26.1 Å². The molecule has 1 aliphatic heterocycles. The number of aromatic nitrogens is 2. The second kappa shape index (κ2) is 24.0. The van der Waals surface area contributed by atoms with Gasteiger partial charge in [0.05, 0.1) is 29.6 Å². The molecule has 3 aromatic carbocycles. The molecule has 0 radical (unpaired) electrons. The van der Waals surface area contributed by atoms with Crippen LogP contribution >= 0.6 is 0 Å². The third-order valence-corrected chi connectivity index (χ3v) is 12.1. The minimum Gasteiger partial charge on any atom is -0.504 e. The SMILES string of the molecule is Cc1nc(-c2ccc(C(C)(C)C)cc2)nc(C)c1C(=O)NC(CNS(N)(=O)=O)C(=O)N(C)C1C(=O)NC(C)C(=O)NC(C(=O)NCC#N)Cc2ccc(OCCN)c(c2)-c2cc1cc(OCCN=C(N)N)c2O. The van der Waals surface area contributed by atoms with Crippen molar-refractivity contribution in [2.24, 2.45) is 27.3 Å². The molecular weight excluding hydrogens is 965 g/mol. The third-order valence-electron chi connectivity index (χ3n) is 11.5. The highest BCUT2D eigenvalue weighted by Crippen LogP contribution is 2.44. The van der Waals surface area contributed by atoms with Gasteiger partial charge in [-0.3, -0.25) is 29.0 Å². The smallest absolute Gasteiger partial charge is 0.274 e. The number of nitrogens with two attached hydrogens (primary N) is 4. The summed E-state index contributed by atoms with van der Waals surface area (Å²) >= 11 is 0. The minimum atomic E-state index is -4.50. The first kappa shape index (κ1) is 56.0. The lowest BCUT2D eigenvalue weighted by atomic mass is 9.86. The molecular formula is C48H62N14O10S. The predicted octanol–water partition coefficient (Wildman–Crippen LogP) is -0.303. The molecule has 5 rings (SSSR count). The van der Waals surface area contributed by atoms with Gasteiger partial charge in [-0.15, -0.1) is 0 Å². The van der Waals surface area contributed by atoms with Gasteiger partial charge in [-0.05, 0) is 67.1 Å². The number of guanidine groups is 1. The van der Waals surface area contributed by atoms with E-state index in [-0.39, 0.29) is 95.8 Å². The quantitative estimate of drug-likeness (QED) is 0.0281. The molecule has 14 N–H and O–H groups in total. The molecule has 1 aromatic heterocycles. The van der Waals surface area contributed by atoms with E-state index in [9.17, 15) is 42.8 Å². The van der Waals surface area contributed by atoms with Gasteiger partial charge in [-0.2, -0.15) is 18.4 Å². The molecule has 2 heterocycles. The number of phenolic OH excluding ortho intramolecular Hbond substituents is 1. The van der Waals surface area contributed by atoms with Gasteiger partial charge in [-0.1, -0.05) is 51.1 Å². The Morgan fingerprint density at radius 1 is 0.973 bits per heavy atom. The van der Waals surface area contributed by atoms with Crippen molar-refractivity contribution >= 4 is 45.7 Å². The minimum absolute atomic E-state index is 0.00448. The van der Waals surface area contributed by atoms with Crippen LogP contribution in [-0.4, -0.2) is 128 Å². The maximum absolute atomic E-state index is 15.0.